The molecular weight excluding hydrogens is 468 g/mol. The Morgan fingerprint density at radius 1 is 0.579 bits per heavy atom. The third kappa shape index (κ3) is 4.24. The summed E-state index contributed by atoms with van der Waals surface area (Å²) in [5.74, 6) is 0.603. The molecule has 0 amide bonds. The van der Waals surface area contributed by atoms with Crippen LogP contribution in [0.3, 0.4) is 0 Å². The van der Waals surface area contributed by atoms with Crippen LogP contribution in [-0.4, -0.2) is 21.8 Å². The predicted molar refractivity (Wildman–Crippen MR) is 155 cm³/mol. The van der Waals surface area contributed by atoms with E-state index in [-0.39, 0.29) is 5.96 Å². The van der Waals surface area contributed by atoms with Crippen LogP contribution in [0.1, 0.15) is 11.4 Å². The largest absolute Gasteiger partial charge is 0.369 e. The first-order valence-electron chi connectivity index (χ1n) is 12.2. The lowest BCUT2D eigenvalue weighted by Gasteiger charge is -2.26. The molecule has 0 atom stereocenters. The quantitative estimate of drug-likeness (QED) is 0.225. The second kappa shape index (κ2) is 9.95. The van der Waals surface area contributed by atoms with E-state index >= 15 is 0 Å². The van der Waals surface area contributed by atoms with Gasteiger partial charge in [-0.25, -0.2) is 4.99 Å². The number of para-hydroxylation sites is 2. The highest BCUT2D eigenvalue weighted by Crippen LogP contribution is 2.47. The Hall–Kier alpha value is -5.36. The fraction of sp³-hybridized carbons (Fsp3) is 0. The summed E-state index contributed by atoms with van der Waals surface area (Å²) in [6.07, 6.45) is 3.41. The van der Waals surface area contributed by atoms with Crippen molar-refractivity contribution in [2.75, 3.05) is 4.90 Å². The number of nitrogens with zero attached hydrogens (tertiary/aromatic N) is 5. The van der Waals surface area contributed by atoms with E-state index < -0.39 is 0 Å². The molecule has 0 fully saturated rings. The van der Waals surface area contributed by atoms with Gasteiger partial charge < -0.3 is 5.73 Å². The number of aromatic nitrogens is 2. The van der Waals surface area contributed by atoms with Gasteiger partial charge in [-0.05, 0) is 47.5 Å². The van der Waals surface area contributed by atoms with Crippen LogP contribution in [0.15, 0.2) is 138 Å². The van der Waals surface area contributed by atoms with Crippen LogP contribution in [0.2, 0.25) is 0 Å². The number of nitrogens with two attached hydrogens (primary N) is 1. The van der Waals surface area contributed by atoms with E-state index in [1.807, 2.05) is 65.6 Å². The highest BCUT2D eigenvalue weighted by atomic mass is 15.3. The molecule has 1 aliphatic rings. The summed E-state index contributed by atoms with van der Waals surface area (Å²) in [5.41, 5.74) is 14.8. The second-order valence-electron chi connectivity index (χ2n) is 8.70. The fourth-order valence-corrected chi connectivity index (χ4v) is 4.63. The van der Waals surface area contributed by atoms with Crippen LogP contribution in [0, 0.1) is 0 Å². The topological polar surface area (TPSA) is 79.8 Å². The fourth-order valence-electron chi connectivity index (χ4n) is 4.63. The van der Waals surface area contributed by atoms with Crippen LogP contribution in [0.5, 0.6) is 0 Å². The summed E-state index contributed by atoms with van der Waals surface area (Å²) < 4.78 is 0. The highest BCUT2D eigenvalue weighted by Gasteiger charge is 2.26. The number of hydrogen-bond donors (Lipinski definition) is 1. The van der Waals surface area contributed by atoms with Gasteiger partial charge in [0.25, 0.3) is 0 Å². The Bertz CT molecular complexity index is 1620. The van der Waals surface area contributed by atoms with Gasteiger partial charge in [-0.1, -0.05) is 79.4 Å². The lowest BCUT2D eigenvalue weighted by molar-refractivity contribution is 1.23. The zero-order valence-corrected chi connectivity index (χ0v) is 20.6. The van der Waals surface area contributed by atoms with Gasteiger partial charge in [-0.2, -0.15) is 4.99 Å². The van der Waals surface area contributed by atoms with E-state index in [9.17, 15) is 0 Å². The lowest BCUT2D eigenvalue weighted by atomic mass is 9.95. The number of benzene rings is 3. The lowest BCUT2D eigenvalue weighted by Crippen LogP contribution is -2.34. The normalized spacial score (nSPS) is 12.7. The molecule has 6 heteroatoms. The minimum atomic E-state index is 0.260. The summed E-state index contributed by atoms with van der Waals surface area (Å²) >= 11 is 0. The van der Waals surface area contributed by atoms with Crippen molar-refractivity contribution in [3.05, 3.63) is 140 Å². The van der Waals surface area contributed by atoms with Crippen LogP contribution < -0.4 is 10.6 Å². The second-order valence-corrected chi connectivity index (χ2v) is 8.70. The Labute approximate surface area is 221 Å². The molecule has 38 heavy (non-hydrogen) atoms. The van der Waals surface area contributed by atoms with E-state index in [4.69, 9.17) is 15.7 Å². The number of hydrogen-bond acceptors (Lipinski definition) is 3. The number of amidine groups is 1. The van der Waals surface area contributed by atoms with Gasteiger partial charge in [0.05, 0.1) is 22.8 Å². The van der Waals surface area contributed by atoms with Gasteiger partial charge in [0.2, 0.25) is 5.96 Å². The van der Waals surface area contributed by atoms with Crippen molar-refractivity contribution >= 4 is 28.9 Å². The van der Waals surface area contributed by atoms with Gasteiger partial charge in [-0.3, -0.25) is 14.9 Å². The van der Waals surface area contributed by atoms with Gasteiger partial charge in [0.15, 0.2) is 5.84 Å². The molecule has 0 bridgehead atoms. The van der Waals surface area contributed by atoms with Crippen molar-refractivity contribution in [1.82, 2.24) is 9.97 Å². The standard InChI is InChI=1S/C32H24N6/c1-22(27-16-8-10-20-34-27)36-31(28-17-9-11-21-35-28)37-32(33)38-29-18-6-4-14-25(29)23-12-2-3-13-24(23)26-15-5-7-19-30(26)38/h2-21H,1H2,(H2,33,36,37). The molecule has 182 valence electrons. The molecule has 0 aliphatic carbocycles. The Balaban J connectivity index is 1.55. The first-order chi connectivity index (χ1) is 18.7. The molecule has 0 spiro atoms. The minimum Gasteiger partial charge on any atom is -0.369 e. The third-order valence-electron chi connectivity index (χ3n) is 6.34. The minimum absolute atomic E-state index is 0.260. The zero-order chi connectivity index (χ0) is 25.9. The van der Waals surface area contributed by atoms with Gasteiger partial charge >= 0.3 is 0 Å². The van der Waals surface area contributed by atoms with Crippen molar-refractivity contribution < 1.29 is 0 Å². The molecule has 3 heterocycles. The summed E-state index contributed by atoms with van der Waals surface area (Å²) in [7, 11) is 0. The number of pyridine rings is 2. The van der Waals surface area contributed by atoms with Gasteiger partial charge in [0, 0.05) is 23.5 Å². The van der Waals surface area contributed by atoms with Crippen molar-refractivity contribution in [2.45, 2.75) is 0 Å². The maximum absolute atomic E-state index is 6.86. The molecule has 6 rings (SSSR count). The Kier molecular flexibility index (Phi) is 6.04. The number of anilines is 2. The Morgan fingerprint density at radius 2 is 1.05 bits per heavy atom. The SMILES string of the molecule is C=C(N=C(N=C(N)N1c2ccccc2-c2ccccc2-c2ccccc21)c1ccccn1)c1ccccn1. The zero-order valence-electron chi connectivity index (χ0n) is 20.6. The highest BCUT2D eigenvalue weighted by molar-refractivity contribution is 6.16. The summed E-state index contributed by atoms with van der Waals surface area (Å²) in [6, 6.07) is 36.0. The van der Waals surface area contributed by atoms with Crippen molar-refractivity contribution in [2.24, 2.45) is 15.7 Å². The molecule has 0 saturated carbocycles. The smallest absolute Gasteiger partial charge is 0.207 e. The first kappa shape index (κ1) is 23.1. The monoisotopic (exact) mass is 492 g/mol. The molecule has 0 unspecified atom stereocenters. The maximum atomic E-state index is 6.86. The summed E-state index contributed by atoms with van der Waals surface area (Å²) in [5, 5.41) is 0. The molecule has 3 aromatic carbocycles. The molecular formula is C32H24N6. The average Bonchev–Trinajstić information content (AvgIpc) is 3.10. The van der Waals surface area contributed by atoms with E-state index in [2.05, 4.69) is 65.1 Å². The van der Waals surface area contributed by atoms with Gasteiger partial charge in [-0.15, -0.1) is 0 Å². The van der Waals surface area contributed by atoms with Crippen molar-refractivity contribution in [1.29, 1.82) is 0 Å². The molecule has 2 N–H and O–H groups in total. The first-order valence-corrected chi connectivity index (χ1v) is 12.2. The molecule has 1 aliphatic heterocycles. The predicted octanol–water partition coefficient (Wildman–Crippen LogP) is 6.69. The maximum Gasteiger partial charge on any atom is 0.207 e. The summed E-state index contributed by atoms with van der Waals surface area (Å²) in [6.45, 7) is 4.12. The van der Waals surface area contributed by atoms with Crippen molar-refractivity contribution in [3.8, 4) is 22.3 Å². The van der Waals surface area contributed by atoms with E-state index in [1.165, 1.54) is 0 Å². The van der Waals surface area contributed by atoms with Crippen LogP contribution in [0.25, 0.3) is 28.0 Å². The molecule has 2 aromatic heterocycles. The average molecular weight is 493 g/mol. The number of guanidine groups is 1. The van der Waals surface area contributed by atoms with Gasteiger partial charge in [0.1, 0.15) is 5.69 Å². The van der Waals surface area contributed by atoms with Crippen LogP contribution in [0.4, 0.5) is 11.4 Å². The van der Waals surface area contributed by atoms with Crippen molar-refractivity contribution in [3.63, 3.8) is 0 Å². The molecule has 0 radical (unpaired) electrons. The number of aliphatic imine (C=N–C) groups is 2. The number of fused-ring (bicyclic) bond motifs is 5. The van der Waals surface area contributed by atoms with E-state index in [0.29, 0.717) is 22.9 Å². The number of rotatable bonds is 3. The molecule has 6 nitrogen and oxygen atoms in total. The Morgan fingerprint density at radius 3 is 1.58 bits per heavy atom. The third-order valence-corrected chi connectivity index (χ3v) is 6.34. The van der Waals surface area contributed by atoms with Crippen LogP contribution >= 0.6 is 0 Å². The summed E-state index contributed by atoms with van der Waals surface area (Å²) in [4.78, 5) is 20.4. The van der Waals surface area contributed by atoms with E-state index in [1.54, 1.807) is 12.4 Å². The molecule has 0 saturated heterocycles. The molecule has 5 aromatic rings. The van der Waals surface area contributed by atoms with Crippen LogP contribution in [-0.2, 0) is 0 Å². The van der Waals surface area contributed by atoms with E-state index in [0.717, 1.165) is 33.6 Å².